The van der Waals surface area contributed by atoms with E-state index in [2.05, 4.69) is 9.15 Å². The first-order valence-electron chi connectivity index (χ1n) is 6.18. The van der Waals surface area contributed by atoms with Crippen LogP contribution in [0.4, 0.5) is 0 Å². The number of ether oxygens (including phenoxy) is 1. The standard InChI is InChI=1S/C8H11O3.C6H11O2.CH4.Re.Rf.Rh/c1-5(2)4-7-6(3)10-8(9)11-7;1-5(2)4-8-6(3)7;;;;/h4-5H,1-3H3;4-5H,1-3H3;1H4;;;/q2*-1;;;;. The molecule has 136 valence electrons. The van der Waals surface area contributed by atoms with Crippen LogP contribution in [0.1, 0.15) is 53.6 Å². The average Bonchev–Trinajstić information content (AvgIpc) is 2.54. The zero-order valence-corrected chi connectivity index (χ0v) is 24.5. The van der Waals surface area contributed by atoms with Gasteiger partial charge < -0.3 is 13.6 Å². The Bertz CT molecular complexity index is 443. The van der Waals surface area contributed by atoms with E-state index in [1.807, 2.05) is 34.1 Å². The van der Waals surface area contributed by atoms with Crippen molar-refractivity contribution in [3.8, 4) is 0 Å². The number of carbonyl (C=O) groups is 1. The third kappa shape index (κ3) is 18.6. The maximum atomic E-state index is 10.5. The van der Waals surface area contributed by atoms with Gasteiger partial charge in [0.05, 0.1) is 0 Å². The molecule has 0 aliphatic heterocycles. The minimum atomic E-state index is -0.630. The summed E-state index contributed by atoms with van der Waals surface area (Å²) in [7, 11) is 0. The third-order valence-electron chi connectivity index (χ3n) is 1.77. The third-order valence-corrected chi connectivity index (χ3v) is 1.77. The van der Waals surface area contributed by atoms with E-state index in [1.54, 1.807) is 6.92 Å². The van der Waals surface area contributed by atoms with Crippen LogP contribution in [0, 0.1) is 31.8 Å². The molecule has 0 bridgehead atoms. The van der Waals surface area contributed by atoms with Crippen LogP contribution < -0.4 is 5.82 Å². The van der Waals surface area contributed by atoms with Gasteiger partial charge in [0.1, 0.15) is 0 Å². The van der Waals surface area contributed by atoms with Gasteiger partial charge in [-0.2, -0.15) is 13.0 Å². The Kier molecular flexibility index (Phi) is 24.6. The molecule has 0 unspecified atom stereocenters. The summed E-state index contributed by atoms with van der Waals surface area (Å²) in [5.74, 6) is 0.884. The molecule has 0 N–H and O–H groups in total. The molecule has 1 rings (SSSR count). The van der Waals surface area contributed by atoms with Crippen molar-refractivity contribution in [1.82, 2.24) is 0 Å². The number of rotatable bonds is 4. The summed E-state index contributed by atoms with van der Waals surface area (Å²) in [6.45, 7) is 12.5. The molecule has 1 heterocycles. The topological polar surface area (TPSA) is 69.7 Å². The Balaban J connectivity index is -0.0000000830. The largest absolute Gasteiger partial charge is 0.637 e. The van der Waals surface area contributed by atoms with Crippen molar-refractivity contribution >= 4 is 5.97 Å². The van der Waals surface area contributed by atoms with Crippen LogP contribution in [0.15, 0.2) is 13.6 Å². The van der Waals surface area contributed by atoms with E-state index >= 15 is 0 Å². The summed E-state index contributed by atoms with van der Waals surface area (Å²) in [6, 6.07) is 0. The quantitative estimate of drug-likeness (QED) is 0.263. The van der Waals surface area contributed by atoms with E-state index in [0.29, 0.717) is 23.4 Å². The van der Waals surface area contributed by atoms with E-state index < -0.39 is 5.82 Å². The summed E-state index contributed by atoms with van der Waals surface area (Å²) in [4.78, 5) is 20.6. The molecule has 0 spiro atoms. The molecular weight excluding hydrogens is 816 g/mol. The predicted molar refractivity (Wildman–Crippen MR) is 77.9 cm³/mol. The fourth-order valence-corrected chi connectivity index (χ4v) is 1.04. The zero-order valence-electron chi connectivity index (χ0n) is 13.8. The summed E-state index contributed by atoms with van der Waals surface area (Å²) in [5, 5.41) is 0. The Morgan fingerprint density at radius 3 is 1.83 bits per heavy atom. The molecule has 0 aromatic carbocycles. The van der Waals surface area contributed by atoms with Crippen molar-refractivity contribution in [2.24, 2.45) is 11.8 Å². The van der Waals surface area contributed by atoms with Gasteiger partial charge in [-0.3, -0.25) is 4.79 Å². The van der Waals surface area contributed by atoms with Crippen LogP contribution in [-0.2, 0) is 49.4 Å². The smallest absolute Gasteiger partial charge is 0.498 e. The van der Waals surface area contributed by atoms with Gasteiger partial charge in [-0.05, 0) is 5.76 Å². The first-order chi connectivity index (χ1) is 8.72. The van der Waals surface area contributed by atoms with Gasteiger partial charge in [-0.1, -0.05) is 48.0 Å². The Hall–Kier alpha value is -1.36. The normalized spacial score (nSPS) is 8.35. The maximum Gasteiger partial charge on any atom is 0.498 e. The summed E-state index contributed by atoms with van der Waals surface area (Å²) >= 11 is 0. The minimum absolute atomic E-state index is 0. The monoisotopic (exact) mass is 843 g/mol. The Morgan fingerprint density at radius 1 is 1.13 bits per heavy atom. The van der Waals surface area contributed by atoms with Crippen LogP contribution in [0.25, 0.3) is 0 Å². The predicted octanol–water partition coefficient (Wildman–Crippen LogP) is 3.75. The number of aryl methyl sites for hydroxylation is 1. The van der Waals surface area contributed by atoms with Crippen LogP contribution in [0.2, 0.25) is 0 Å². The average molecular weight is 842 g/mol. The molecule has 0 saturated carbocycles. The first kappa shape index (κ1) is 33.3. The Morgan fingerprint density at radius 2 is 1.61 bits per heavy atom. The minimum Gasteiger partial charge on any atom is -0.637 e. The summed E-state index contributed by atoms with van der Waals surface area (Å²) < 4.78 is 13.9. The van der Waals surface area contributed by atoms with Gasteiger partial charge in [-0.25, -0.2) is 4.79 Å². The second-order valence-corrected chi connectivity index (χ2v) is 4.77. The van der Waals surface area contributed by atoms with E-state index in [1.165, 1.54) is 13.5 Å². The molecule has 0 saturated heterocycles. The first-order valence-corrected chi connectivity index (χ1v) is 6.18. The second kappa shape index (κ2) is 17.0. The van der Waals surface area contributed by atoms with Crippen molar-refractivity contribution in [1.29, 1.82) is 0 Å². The van der Waals surface area contributed by atoms with Gasteiger partial charge in [0.2, 0.25) is 0 Å². The fraction of sp³-hybridized carbons (Fsp3) is 0.600. The number of carbonyl (C=O) groups excluding carboxylic acids is 1. The van der Waals surface area contributed by atoms with Gasteiger partial charge in [0, 0.05) is 52.6 Å². The fourth-order valence-electron chi connectivity index (χ4n) is 1.04. The molecule has 5 nitrogen and oxygen atoms in total. The summed E-state index contributed by atoms with van der Waals surface area (Å²) in [6.07, 6.45) is 1.85. The van der Waals surface area contributed by atoms with E-state index in [-0.39, 0.29) is 53.3 Å². The molecule has 8 heteroatoms. The number of hydrogen-bond acceptors (Lipinski definition) is 5. The molecule has 0 amide bonds. The van der Waals surface area contributed by atoms with Crippen LogP contribution >= 0.6 is 0 Å². The van der Waals surface area contributed by atoms with Gasteiger partial charge >= 0.3 is 5.82 Å². The van der Waals surface area contributed by atoms with Crippen LogP contribution in [0.5, 0.6) is 0 Å². The molecule has 0 fully saturated rings. The van der Waals surface area contributed by atoms with Crippen molar-refractivity contribution in [3.05, 3.63) is 35.2 Å². The summed E-state index contributed by atoms with van der Waals surface area (Å²) in [5.41, 5.74) is 0. The molecule has 23 heavy (non-hydrogen) atoms. The van der Waals surface area contributed by atoms with Crippen LogP contribution in [-0.4, -0.2) is 5.97 Å². The van der Waals surface area contributed by atoms with Crippen molar-refractivity contribution in [3.63, 3.8) is 0 Å². The molecule has 0 atom stereocenters. The maximum absolute atomic E-state index is 10.5. The molecule has 0 aliphatic rings. The number of esters is 1. The van der Waals surface area contributed by atoms with E-state index in [0.717, 1.165) is 0 Å². The molecule has 2 radical (unpaired) electrons. The molecule has 1 aromatic heterocycles. The van der Waals surface area contributed by atoms with Crippen molar-refractivity contribution in [2.75, 3.05) is 0 Å². The molecule has 1 aromatic rings. The zero-order chi connectivity index (χ0) is 15.0. The van der Waals surface area contributed by atoms with E-state index in [4.69, 9.17) is 4.42 Å². The van der Waals surface area contributed by atoms with Crippen molar-refractivity contribution in [2.45, 2.75) is 49.0 Å². The number of hydrogen-bond donors (Lipinski definition) is 0. The van der Waals surface area contributed by atoms with Crippen molar-refractivity contribution < 1.29 is 58.3 Å². The second-order valence-electron chi connectivity index (χ2n) is 4.77. The van der Waals surface area contributed by atoms with Crippen LogP contribution in [0.3, 0.4) is 0 Å². The van der Waals surface area contributed by atoms with E-state index in [9.17, 15) is 9.59 Å². The van der Waals surface area contributed by atoms with Gasteiger partial charge in [0.25, 0.3) is 5.97 Å². The Labute approximate surface area is 160 Å². The van der Waals surface area contributed by atoms with Gasteiger partial charge in [0.15, 0.2) is 0 Å². The SMILES string of the molecule is C.CC(=O)O[CH-]C(C)C.Cc1oc(=O)oc1[CH-]C(C)C.[Re].[Rf].[Rh]. The molecular formula is C15H26O5ReRfRh-2. The molecule has 0 aliphatic carbocycles. The van der Waals surface area contributed by atoms with Gasteiger partial charge in [-0.15, -0.1) is 5.92 Å².